The molecule has 0 saturated heterocycles. The van der Waals surface area contributed by atoms with Crippen molar-refractivity contribution in [1.29, 1.82) is 0 Å². The van der Waals surface area contributed by atoms with Crippen LogP contribution in [0.15, 0.2) is 9.59 Å². The van der Waals surface area contributed by atoms with Crippen molar-refractivity contribution >= 4 is 23.0 Å². The highest BCUT2D eigenvalue weighted by Gasteiger charge is 2.20. The predicted molar refractivity (Wildman–Crippen MR) is 95.4 cm³/mol. The Labute approximate surface area is 144 Å². The molecule has 0 aliphatic heterocycles. The Morgan fingerprint density at radius 3 is 2.52 bits per heavy atom. The van der Waals surface area contributed by atoms with Gasteiger partial charge in [-0.25, -0.2) is 9.36 Å². The van der Waals surface area contributed by atoms with E-state index in [2.05, 4.69) is 24.1 Å². The number of imidazole rings is 1. The normalized spacial score (nSPS) is 11.4. The van der Waals surface area contributed by atoms with E-state index in [0.29, 0.717) is 31.5 Å². The van der Waals surface area contributed by atoms with Gasteiger partial charge in [-0.3, -0.25) is 14.2 Å². The van der Waals surface area contributed by atoms with Crippen molar-refractivity contribution in [3.8, 4) is 0 Å². The first-order valence-corrected chi connectivity index (χ1v) is 8.20. The fourth-order valence-corrected chi connectivity index (χ4v) is 2.59. The molecule has 0 aliphatic carbocycles. The number of primary amides is 1. The minimum Gasteiger partial charge on any atom is -0.368 e. The largest absolute Gasteiger partial charge is 0.368 e. The van der Waals surface area contributed by atoms with Gasteiger partial charge < -0.3 is 21.4 Å². The molecule has 2 rings (SSSR count). The summed E-state index contributed by atoms with van der Waals surface area (Å²) in [6, 6.07) is 0. The van der Waals surface area contributed by atoms with E-state index in [4.69, 9.17) is 11.5 Å². The summed E-state index contributed by atoms with van der Waals surface area (Å²) in [5.41, 5.74) is 10.0. The predicted octanol–water partition coefficient (Wildman–Crippen LogP) is -1.20. The van der Waals surface area contributed by atoms with Crippen molar-refractivity contribution in [2.75, 3.05) is 18.4 Å². The number of carbonyl (C=O) groups excluding carboxylic acids is 1. The number of anilines is 1. The number of fused-ring (bicyclic) bond motifs is 1. The first kappa shape index (κ1) is 18.7. The fourth-order valence-electron chi connectivity index (χ4n) is 2.59. The number of nitrogens with zero attached hydrogens (tertiary/aromatic N) is 4. The Kier molecular flexibility index (Phi) is 5.62. The van der Waals surface area contributed by atoms with Gasteiger partial charge in [0.05, 0.1) is 0 Å². The summed E-state index contributed by atoms with van der Waals surface area (Å²) >= 11 is 0. The lowest BCUT2D eigenvalue weighted by atomic mass is 10.1. The van der Waals surface area contributed by atoms with Gasteiger partial charge in [-0.15, -0.1) is 0 Å². The molecule has 138 valence electrons. The quantitative estimate of drug-likeness (QED) is 0.545. The second-order valence-electron chi connectivity index (χ2n) is 6.36. The maximum Gasteiger partial charge on any atom is 0.332 e. The lowest BCUT2D eigenvalue weighted by Gasteiger charge is -2.12. The fraction of sp³-hybridized carbons (Fsp3) is 0.600. The molecule has 5 N–H and O–H groups in total. The molecule has 0 saturated carbocycles. The zero-order valence-corrected chi connectivity index (χ0v) is 14.8. The Morgan fingerprint density at radius 2 is 1.96 bits per heavy atom. The molecule has 2 heterocycles. The first-order chi connectivity index (χ1) is 11.8. The van der Waals surface area contributed by atoms with Crippen molar-refractivity contribution in [2.24, 2.45) is 24.4 Å². The van der Waals surface area contributed by atoms with Gasteiger partial charge >= 0.3 is 5.69 Å². The van der Waals surface area contributed by atoms with Gasteiger partial charge in [0.2, 0.25) is 11.9 Å². The van der Waals surface area contributed by atoms with Crippen LogP contribution in [0, 0.1) is 5.92 Å². The van der Waals surface area contributed by atoms with Crippen LogP contribution in [0.25, 0.3) is 11.2 Å². The van der Waals surface area contributed by atoms with E-state index in [9.17, 15) is 14.4 Å². The molecule has 10 nitrogen and oxygen atoms in total. The van der Waals surface area contributed by atoms with Crippen molar-refractivity contribution < 1.29 is 4.79 Å². The van der Waals surface area contributed by atoms with Gasteiger partial charge in [0.25, 0.3) is 5.56 Å². The molecule has 0 unspecified atom stereocenters. The maximum atomic E-state index is 12.8. The van der Waals surface area contributed by atoms with Crippen LogP contribution in [0.3, 0.4) is 0 Å². The molecule has 0 radical (unpaired) electrons. The smallest absolute Gasteiger partial charge is 0.332 e. The summed E-state index contributed by atoms with van der Waals surface area (Å²) in [4.78, 5) is 40.8. The Bertz CT molecular complexity index is 891. The number of aromatic nitrogens is 4. The number of hydrogen-bond acceptors (Lipinski definition) is 6. The molecule has 0 fully saturated rings. The van der Waals surface area contributed by atoms with Crippen LogP contribution < -0.4 is 28.0 Å². The number of nitrogens with one attached hydrogen (secondary N) is 1. The average molecular weight is 351 g/mol. The third-order valence-corrected chi connectivity index (χ3v) is 3.90. The van der Waals surface area contributed by atoms with Gasteiger partial charge in [-0.1, -0.05) is 13.8 Å². The molecule has 0 spiro atoms. The van der Waals surface area contributed by atoms with E-state index in [-0.39, 0.29) is 11.2 Å². The number of nitrogens with two attached hydrogens (primary N) is 2. The van der Waals surface area contributed by atoms with Crippen LogP contribution in [0.4, 0.5) is 5.95 Å². The van der Waals surface area contributed by atoms with Crippen LogP contribution in [0.1, 0.15) is 20.3 Å². The Balaban J connectivity index is 2.74. The molecular formula is C15H25N7O3. The number of carbonyl (C=O) groups is 1. The summed E-state index contributed by atoms with van der Waals surface area (Å²) < 4.78 is 3.83. The summed E-state index contributed by atoms with van der Waals surface area (Å²) in [6.07, 6.45) is 0.820. The van der Waals surface area contributed by atoms with Crippen molar-refractivity contribution in [1.82, 2.24) is 18.7 Å². The van der Waals surface area contributed by atoms with E-state index in [1.54, 1.807) is 4.57 Å². The molecule has 0 aliphatic rings. The average Bonchev–Trinajstić information content (AvgIpc) is 2.91. The molecule has 0 atom stereocenters. The topological polar surface area (TPSA) is 143 Å². The van der Waals surface area contributed by atoms with Crippen molar-refractivity contribution in [3.05, 3.63) is 20.8 Å². The molecule has 0 aromatic carbocycles. The van der Waals surface area contributed by atoms with Crippen LogP contribution in [0.5, 0.6) is 0 Å². The zero-order valence-electron chi connectivity index (χ0n) is 14.8. The lowest BCUT2D eigenvalue weighted by molar-refractivity contribution is -0.118. The molecule has 1 amide bonds. The molecule has 0 bridgehead atoms. The van der Waals surface area contributed by atoms with Gasteiger partial charge in [0.1, 0.15) is 6.54 Å². The minimum absolute atomic E-state index is 0.263. The second-order valence-corrected chi connectivity index (χ2v) is 6.36. The number of rotatable bonds is 8. The molecule has 2 aromatic heterocycles. The standard InChI is InChI=1S/C15H25N7O3/c1-9(2)4-7-21-11-12(19-14(21)18-6-5-16)20(3)15(25)22(13(11)24)8-10(17)23/h9H,4-8,16H2,1-3H3,(H2,17,23)(H,18,19). The monoisotopic (exact) mass is 351 g/mol. The van der Waals surface area contributed by atoms with Gasteiger partial charge in [-0.2, -0.15) is 4.98 Å². The highest BCUT2D eigenvalue weighted by molar-refractivity contribution is 5.76. The highest BCUT2D eigenvalue weighted by Crippen LogP contribution is 2.17. The van der Waals surface area contributed by atoms with Crippen LogP contribution in [-0.4, -0.2) is 37.7 Å². The zero-order chi connectivity index (χ0) is 18.7. The van der Waals surface area contributed by atoms with E-state index >= 15 is 0 Å². The van der Waals surface area contributed by atoms with Gasteiger partial charge in [0.15, 0.2) is 11.2 Å². The van der Waals surface area contributed by atoms with Crippen molar-refractivity contribution in [3.63, 3.8) is 0 Å². The number of hydrogen-bond donors (Lipinski definition) is 3. The first-order valence-electron chi connectivity index (χ1n) is 8.20. The molecular weight excluding hydrogens is 326 g/mol. The summed E-state index contributed by atoms with van der Waals surface area (Å²) in [5, 5.41) is 3.08. The number of aryl methyl sites for hydroxylation is 2. The van der Waals surface area contributed by atoms with E-state index < -0.39 is 23.7 Å². The SMILES string of the molecule is CC(C)CCn1c(NCCN)nc2c1c(=O)n(CC(N)=O)c(=O)n2C. The van der Waals surface area contributed by atoms with Crippen LogP contribution >= 0.6 is 0 Å². The third-order valence-electron chi connectivity index (χ3n) is 3.90. The molecule has 2 aromatic rings. The highest BCUT2D eigenvalue weighted by atomic mass is 16.2. The summed E-state index contributed by atoms with van der Waals surface area (Å²) in [6.45, 7) is 5.11. The lowest BCUT2D eigenvalue weighted by Crippen LogP contribution is -2.42. The van der Waals surface area contributed by atoms with Gasteiger partial charge in [0, 0.05) is 26.7 Å². The second kappa shape index (κ2) is 7.51. The van der Waals surface area contributed by atoms with E-state index in [1.165, 1.54) is 11.6 Å². The van der Waals surface area contributed by atoms with Crippen LogP contribution in [0.2, 0.25) is 0 Å². The Hall–Kier alpha value is -2.62. The molecule has 25 heavy (non-hydrogen) atoms. The Morgan fingerprint density at radius 1 is 1.28 bits per heavy atom. The van der Waals surface area contributed by atoms with Crippen molar-refractivity contribution in [2.45, 2.75) is 33.4 Å². The summed E-state index contributed by atoms with van der Waals surface area (Å²) in [5.74, 6) is 0.137. The van der Waals surface area contributed by atoms with Gasteiger partial charge in [-0.05, 0) is 12.3 Å². The minimum atomic E-state index is -0.756. The van der Waals surface area contributed by atoms with Crippen LogP contribution in [-0.2, 0) is 24.9 Å². The third kappa shape index (κ3) is 3.73. The van der Waals surface area contributed by atoms with E-state index in [0.717, 1.165) is 11.0 Å². The maximum absolute atomic E-state index is 12.8. The summed E-state index contributed by atoms with van der Waals surface area (Å²) in [7, 11) is 1.51. The molecule has 10 heteroatoms. The van der Waals surface area contributed by atoms with E-state index in [1.807, 2.05) is 0 Å². The number of amides is 1.